The van der Waals surface area contributed by atoms with E-state index in [-0.39, 0.29) is 6.61 Å². The van der Waals surface area contributed by atoms with Gasteiger partial charge in [0.1, 0.15) is 0 Å². The number of nitrogens with two attached hydrogens (primary N) is 1. The van der Waals surface area contributed by atoms with Crippen LogP contribution in [0.5, 0.6) is 0 Å². The fraction of sp³-hybridized carbons (Fsp3) is 0.571. The summed E-state index contributed by atoms with van der Waals surface area (Å²) in [6.07, 6.45) is 1.11. The van der Waals surface area contributed by atoms with Crippen LogP contribution in [0, 0.1) is 0 Å². The molecule has 1 saturated heterocycles. The van der Waals surface area contributed by atoms with E-state index in [0.29, 0.717) is 6.54 Å². The third-order valence-corrected chi connectivity index (χ3v) is 3.98. The van der Waals surface area contributed by atoms with Crippen LogP contribution in [0.3, 0.4) is 0 Å². The van der Waals surface area contributed by atoms with E-state index in [1.54, 1.807) is 0 Å². The van der Waals surface area contributed by atoms with Crippen molar-refractivity contribution in [2.75, 3.05) is 44.2 Å². The zero-order valence-electron chi connectivity index (χ0n) is 11.2. The normalized spacial score (nSPS) is 17.5. The summed E-state index contributed by atoms with van der Waals surface area (Å²) >= 11 is 6.22. The molecule has 1 aromatic carbocycles. The second-order valence-electron chi connectivity index (χ2n) is 4.89. The SMILES string of the molecule is NCc1ccc(N2CCCN(CCO)CC2)cc1Cl. The minimum absolute atomic E-state index is 0.233. The minimum Gasteiger partial charge on any atom is -0.395 e. The molecule has 1 aliphatic heterocycles. The molecule has 1 fully saturated rings. The molecular formula is C14H22ClN3O. The summed E-state index contributed by atoms with van der Waals surface area (Å²) in [4.78, 5) is 4.65. The van der Waals surface area contributed by atoms with Crippen molar-refractivity contribution in [3.63, 3.8) is 0 Å². The van der Waals surface area contributed by atoms with Crippen LogP contribution in [0.2, 0.25) is 5.02 Å². The minimum atomic E-state index is 0.233. The second kappa shape index (κ2) is 7.10. The topological polar surface area (TPSA) is 52.7 Å². The Balaban J connectivity index is 2.03. The highest BCUT2D eigenvalue weighted by atomic mass is 35.5. The number of aliphatic hydroxyl groups is 1. The van der Waals surface area contributed by atoms with Crippen molar-refractivity contribution in [2.24, 2.45) is 5.73 Å². The molecule has 4 nitrogen and oxygen atoms in total. The Kier molecular flexibility index (Phi) is 5.45. The highest BCUT2D eigenvalue weighted by Gasteiger charge is 2.15. The number of hydrogen-bond acceptors (Lipinski definition) is 4. The molecule has 0 atom stereocenters. The standard InChI is InChI=1S/C14H22ClN3O/c15-14-10-13(3-2-12(14)11-16)18-5-1-4-17(6-7-18)8-9-19/h2-3,10,19H,1,4-9,11,16H2. The van der Waals surface area contributed by atoms with Gasteiger partial charge in [0, 0.05) is 43.4 Å². The van der Waals surface area contributed by atoms with Crippen LogP contribution in [0.1, 0.15) is 12.0 Å². The van der Waals surface area contributed by atoms with Crippen LogP contribution in [0.15, 0.2) is 18.2 Å². The molecule has 3 N–H and O–H groups in total. The van der Waals surface area contributed by atoms with Gasteiger partial charge in [0.05, 0.1) is 6.61 Å². The largest absolute Gasteiger partial charge is 0.395 e. The Labute approximate surface area is 119 Å². The predicted octanol–water partition coefficient (Wildman–Crippen LogP) is 1.30. The first-order valence-corrected chi connectivity index (χ1v) is 7.19. The monoisotopic (exact) mass is 283 g/mol. The molecule has 0 aromatic heterocycles. The number of aliphatic hydroxyl groups excluding tert-OH is 1. The number of nitrogens with zero attached hydrogens (tertiary/aromatic N) is 2. The third-order valence-electron chi connectivity index (χ3n) is 3.63. The average molecular weight is 284 g/mol. The van der Waals surface area contributed by atoms with Crippen LogP contribution in [0.25, 0.3) is 0 Å². The first-order chi connectivity index (χ1) is 9.24. The molecule has 1 heterocycles. The number of hydrogen-bond donors (Lipinski definition) is 2. The molecule has 19 heavy (non-hydrogen) atoms. The van der Waals surface area contributed by atoms with E-state index >= 15 is 0 Å². The molecule has 0 bridgehead atoms. The lowest BCUT2D eigenvalue weighted by atomic mass is 10.2. The molecule has 0 spiro atoms. The highest BCUT2D eigenvalue weighted by molar-refractivity contribution is 6.31. The zero-order valence-corrected chi connectivity index (χ0v) is 11.9. The lowest BCUT2D eigenvalue weighted by molar-refractivity contribution is 0.204. The Bertz CT molecular complexity index is 414. The van der Waals surface area contributed by atoms with Crippen molar-refractivity contribution >= 4 is 17.3 Å². The van der Waals surface area contributed by atoms with Gasteiger partial charge >= 0.3 is 0 Å². The second-order valence-corrected chi connectivity index (χ2v) is 5.29. The molecule has 0 aliphatic carbocycles. The van der Waals surface area contributed by atoms with Crippen LogP contribution < -0.4 is 10.6 Å². The Hall–Kier alpha value is -0.810. The van der Waals surface area contributed by atoms with E-state index in [4.69, 9.17) is 22.4 Å². The average Bonchev–Trinajstić information content (AvgIpc) is 2.65. The fourth-order valence-corrected chi connectivity index (χ4v) is 2.74. The van der Waals surface area contributed by atoms with Gasteiger partial charge in [-0.15, -0.1) is 0 Å². The Morgan fingerprint density at radius 3 is 2.74 bits per heavy atom. The molecule has 5 heteroatoms. The number of anilines is 1. The third kappa shape index (κ3) is 3.83. The summed E-state index contributed by atoms with van der Waals surface area (Å²) in [6.45, 7) is 5.50. The maximum atomic E-state index is 9.00. The number of β-amino-alcohol motifs (C(OH)–C–C–N with tert-alkyl or cyclic N) is 1. The summed E-state index contributed by atoms with van der Waals surface area (Å²) in [7, 11) is 0. The summed E-state index contributed by atoms with van der Waals surface area (Å²) < 4.78 is 0. The number of halogens is 1. The van der Waals surface area contributed by atoms with Gasteiger partial charge in [-0.1, -0.05) is 17.7 Å². The molecule has 2 rings (SSSR count). The van der Waals surface area contributed by atoms with Crippen molar-refractivity contribution in [3.8, 4) is 0 Å². The van der Waals surface area contributed by atoms with Gasteiger partial charge in [-0.3, -0.25) is 4.90 Å². The summed E-state index contributed by atoms with van der Waals surface area (Å²) in [5.74, 6) is 0. The lowest BCUT2D eigenvalue weighted by Gasteiger charge is -2.24. The first kappa shape index (κ1) is 14.6. The van der Waals surface area contributed by atoms with Gasteiger partial charge in [0.15, 0.2) is 0 Å². The van der Waals surface area contributed by atoms with Crippen molar-refractivity contribution in [1.29, 1.82) is 0 Å². The van der Waals surface area contributed by atoms with Crippen LogP contribution in [-0.4, -0.2) is 49.3 Å². The van der Waals surface area contributed by atoms with Gasteiger partial charge in [0.2, 0.25) is 0 Å². The molecule has 1 aliphatic rings. The summed E-state index contributed by atoms with van der Waals surface area (Å²) in [5.41, 5.74) is 7.78. The Morgan fingerprint density at radius 1 is 1.21 bits per heavy atom. The van der Waals surface area contributed by atoms with E-state index in [9.17, 15) is 0 Å². The van der Waals surface area contributed by atoms with E-state index in [1.165, 1.54) is 0 Å². The molecule has 106 valence electrons. The van der Waals surface area contributed by atoms with Crippen molar-refractivity contribution in [3.05, 3.63) is 28.8 Å². The van der Waals surface area contributed by atoms with Crippen LogP contribution in [0.4, 0.5) is 5.69 Å². The Morgan fingerprint density at radius 2 is 2.05 bits per heavy atom. The maximum absolute atomic E-state index is 9.00. The van der Waals surface area contributed by atoms with Crippen LogP contribution in [-0.2, 0) is 6.54 Å². The quantitative estimate of drug-likeness (QED) is 0.875. The van der Waals surface area contributed by atoms with Gasteiger partial charge in [-0.05, 0) is 30.7 Å². The fourth-order valence-electron chi connectivity index (χ4n) is 2.49. The molecule has 0 amide bonds. The summed E-state index contributed by atoms with van der Waals surface area (Å²) in [6, 6.07) is 6.11. The lowest BCUT2D eigenvalue weighted by Crippen LogP contribution is -2.32. The van der Waals surface area contributed by atoms with Crippen molar-refractivity contribution in [1.82, 2.24) is 4.90 Å². The molecule has 0 radical (unpaired) electrons. The molecular weight excluding hydrogens is 262 g/mol. The number of rotatable bonds is 4. The van der Waals surface area contributed by atoms with Crippen molar-refractivity contribution < 1.29 is 5.11 Å². The van der Waals surface area contributed by atoms with Gasteiger partial charge in [-0.25, -0.2) is 0 Å². The molecule has 0 saturated carbocycles. The predicted molar refractivity (Wildman–Crippen MR) is 79.7 cm³/mol. The zero-order chi connectivity index (χ0) is 13.7. The van der Waals surface area contributed by atoms with Crippen LogP contribution >= 0.6 is 11.6 Å². The highest BCUT2D eigenvalue weighted by Crippen LogP contribution is 2.24. The van der Waals surface area contributed by atoms with E-state index < -0.39 is 0 Å². The van der Waals surface area contributed by atoms with Gasteiger partial charge < -0.3 is 15.7 Å². The molecule has 1 aromatic rings. The van der Waals surface area contributed by atoms with Gasteiger partial charge in [-0.2, -0.15) is 0 Å². The smallest absolute Gasteiger partial charge is 0.0558 e. The van der Waals surface area contributed by atoms with E-state index in [2.05, 4.69) is 15.9 Å². The van der Waals surface area contributed by atoms with Gasteiger partial charge in [0.25, 0.3) is 0 Å². The maximum Gasteiger partial charge on any atom is 0.0558 e. The first-order valence-electron chi connectivity index (χ1n) is 6.81. The molecule has 0 unspecified atom stereocenters. The van der Waals surface area contributed by atoms with E-state index in [1.807, 2.05) is 12.1 Å². The number of benzene rings is 1. The van der Waals surface area contributed by atoms with E-state index in [0.717, 1.165) is 55.4 Å². The summed E-state index contributed by atoms with van der Waals surface area (Å²) in [5, 5.41) is 9.75. The van der Waals surface area contributed by atoms with Crippen molar-refractivity contribution in [2.45, 2.75) is 13.0 Å².